The Morgan fingerprint density at radius 3 is 1.86 bits per heavy atom. The summed E-state index contributed by atoms with van der Waals surface area (Å²) >= 11 is 5.14. The first kappa shape index (κ1) is 15.8. The predicted octanol–water partition coefficient (Wildman–Crippen LogP) is 4.50. The molecule has 0 atom stereocenters. The summed E-state index contributed by atoms with van der Waals surface area (Å²) < 4.78 is 6.67. The Kier molecular flexibility index (Phi) is 3.74. The quantitative estimate of drug-likeness (QED) is 0.788. The molecule has 0 fully saturated rings. The third-order valence-electron chi connectivity index (χ3n) is 3.44. The molecule has 1 aromatic heterocycles. The molecule has 0 aliphatic carbocycles. The van der Waals surface area contributed by atoms with Gasteiger partial charge in [-0.05, 0) is 35.2 Å². The van der Waals surface area contributed by atoms with Crippen molar-refractivity contribution in [3.05, 3.63) is 34.5 Å². The summed E-state index contributed by atoms with van der Waals surface area (Å²) in [7, 11) is 0. The average molecular weight is 306 g/mol. The lowest BCUT2D eigenvalue weighted by Gasteiger charge is -2.28. The van der Waals surface area contributed by atoms with Gasteiger partial charge in [-0.3, -0.25) is 0 Å². The first-order valence-electron chi connectivity index (χ1n) is 6.93. The number of hydrogen-bond donors (Lipinski definition) is 1. The maximum absolute atomic E-state index is 10.7. The maximum atomic E-state index is 10.7. The fourth-order valence-corrected chi connectivity index (χ4v) is 2.47. The second-order valence-corrected chi connectivity index (χ2v) is 7.66. The zero-order valence-electron chi connectivity index (χ0n) is 13.4. The Morgan fingerprint density at radius 1 is 1.05 bits per heavy atom. The minimum Gasteiger partial charge on any atom is -0.507 e. The lowest BCUT2D eigenvalue weighted by Crippen LogP contribution is -2.18. The summed E-state index contributed by atoms with van der Waals surface area (Å²) in [5.41, 5.74) is 2.17. The Hall–Kier alpha value is -1.62. The van der Waals surface area contributed by atoms with E-state index in [0.29, 0.717) is 10.6 Å². The molecule has 0 aliphatic heterocycles. The molecule has 1 aromatic carbocycles. The van der Waals surface area contributed by atoms with Crippen LogP contribution in [0, 0.1) is 4.84 Å². The van der Waals surface area contributed by atoms with Crippen LogP contribution in [-0.2, 0) is 10.8 Å². The second kappa shape index (κ2) is 4.98. The van der Waals surface area contributed by atoms with Gasteiger partial charge in [0.1, 0.15) is 5.75 Å². The van der Waals surface area contributed by atoms with Crippen LogP contribution in [0.2, 0.25) is 0 Å². The van der Waals surface area contributed by atoms with E-state index >= 15 is 0 Å². The highest BCUT2D eigenvalue weighted by molar-refractivity contribution is 7.71. The fraction of sp³-hybridized carbons (Fsp3) is 0.500. The van der Waals surface area contributed by atoms with Gasteiger partial charge in [0.05, 0.1) is 5.69 Å². The monoisotopic (exact) mass is 306 g/mol. The van der Waals surface area contributed by atoms with Gasteiger partial charge in [0.15, 0.2) is 0 Å². The summed E-state index contributed by atoms with van der Waals surface area (Å²) in [5, 5.41) is 14.8. The standard InChI is InChI=1S/C16H22N2O2S/c1-15(2,3)11-7-10(18-14(21)20-9-17-18)8-12(13(11)19)16(4,5)6/h7-9,19H,1-6H3. The Labute approximate surface area is 130 Å². The van der Waals surface area contributed by atoms with Crippen molar-refractivity contribution >= 4 is 12.2 Å². The van der Waals surface area contributed by atoms with Gasteiger partial charge < -0.3 is 9.52 Å². The summed E-state index contributed by atoms with van der Waals surface area (Å²) in [4.78, 5) is 0.292. The molecule has 1 N–H and O–H groups in total. The van der Waals surface area contributed by atoms with Gasteiger partial charge in [-0.1, -0.05) is 41.5 Å². The lowest BCUT2D eigenvalue weighted by molar-refractivity contribution is 0.423. The molecule has 0 saturated carbocycles. The van der Waals surface area contributed by atoms with Gasteiger partial charge in [-0.25, -0.2) is 0 Å². The van der Waals surface area contributed by atoms with E-state index in [1.165, 1.54) is 6.39 Å². The molecule has 0 aliphatic rings. The van der Waals surface area contributed by atoms with Gasteiger partial charge in [0, 0.05) is 11.1 Å². The molecule has 21 heavy (non-hydrogen) atoms. The van der Waals surface area contributed by atoms with Crippen LogP contribution in [0.5, 0.6) is 5.75 Å². The van der Waals surface area contributed by atoms with Crippen LogP contribution in [0.3, 0.4) is 0 Å². The molecule has 4 nitrogen and oxygen atoms in total. The molecule has 0 spiro atoms. The smallest absolute Gasteiger partial charge is 0.291 e. The molecule has 2 rings (SSSR count). The van der Waals surface area contributed by atoms with E-state index in [2.05, 4.69) is 46.6 Å². The number of benzene rings is 1. The lowest BCUT2D eigenvalue weighted by atomic mass is 9.79. The van der Waals surface area contributed by atoms with E-state index in [1.54, 1.807) is 4.68 Å². The van der Waals surface area contributed by atoms with E-state index in [9.17, 15) is 5.11 Å². The van der Waals surface area contributed by atoms with E-state index in [1.807, 2.05) is 12.1 Å². The predicted molar refractivity (Wildman–Crippen MR) is 85.7 cm³/mol. The van der Waals surface area contributed by atoms with Crippen LogP contribution in [0.1, 0.15) is 52.7 Å². The molecule has 0 amide bonds. The van der Waals surface area contributed by atoms with Crippen LogP contribution in [0.25, 0.3) is 5.69 Å². The summed E-state index contributed by atoms with van der Waals surface area (Å²) in [6.07, 6.45) is 1.32. The van der Waals surface area contributed by atoms with Gasteiger partial charge in [-0.2, -0.15) is 4.68 Å². The number of phenols is 1. The molecule has 0 radical (unpaired) electrons. The first-order chi connectivity index (χ1) is 9.51. The highest BCUT2D eigenvalue weighted by Crippen LogP contribution is 2.40. The van der Waals surface area contributed by atoms with Gasteiger partial charge >= 0.3 is 0 Å². The van der Waals surface area contributed by atoms with Crippen molar-refractivity contribution < 1.29 is 9.52 Å². The molecule has 1 heterocycles. The zero-order chi connectivity index (χ0) is 16.0. The second-order valence-electron chi connectivity index (χ2n) is 7.31. The fourth-order valence-electron chi connectivity index (χ4n) is 2.27. The molecular weight excluding hydrogens is 284 g/mol. The largest absolute Gasteiger partial charge is 0.507 e. The first-order valence-corrected chi connectivity index (χ1v) is 7.34. The van der Waals surface area contributed by atoms with Crippen molar-refractivity contribution in [2.45, 2.75) is 52.4 Å². The van der Waals surface area contributed by atoms with Crippen molar-refractivity contribution in [1.29, 1.82) is 0 Å². The molecule has 0 saturated heterocycles. The van der Waals surface area contributed by atoms with Crippen LogP contribution >= 0.6 is 12.2 Å². The zero-order valence-corrected chi connectivity index (χ0v) is 14.2. The number of hydrogen-bond acceptors (Lipinski definition) is 4. The Balaban J connectivity index is 2.81. The number of phenolic OH excluding ortho intramolecular Hbond substituents is 1. The van der Waals surface area contributed by atoms with Crippen molar-refractivity contribution in [2.24, 2.45) is 0 Å². The van der Waals surface area contributed by atoms with Crippen LogP contribution in [0.15, 0.2) is 22.9 Å². The van der Waals surface area contributed by atoms with Crippen molar-refractivity contribution in [1.82, 2.24) is 9.78 Å². The van der Waals surface area contributed by atoms with Gasteiger partial charge in [-0.15, -0.1) is 5.10 Å². The van der Waals surface area contributed by atoms with Crippen LogP contribution in [-0.4, -0.2) is 14.9 Å². The van der Waals surface area contributed by atoms with Crippen molar-refractivity contribution in [2.75, 3.05) is 0 Å². The molecular formula is C16H22N2O2S. The van der Waals surface area contributed by atoms with Gasteiger partial charge in [0.25, 0.3) is 4.84 Å². The highest BCUT2D eigenvalue weighted by atomic mass is 32.1. The van der Waals surface area contributed by atoms with E-state index in [-0.39, 0.29) is 10.8 Å². The van der Waals surface area contributed by atoms with Crippen LogP contribution < -0.4 is 0 Å². The number of nitrogens with zero attached hydrogens (tertiary/aromatic N) is 2. The van der Waals surface area contributed by atoms with E-state index in [0.717, 1.165) is 16.8 Å². The summed E-state index contributed by atoms with van der Waals surface area (Å²) in [6, 6.07) is 3.84. The molecule has 2 aromatic rings. The molecule has 5 heteroatoms. The Morgan fingerprint density at radius 2 is 1.52 bits per heavy atom. The molecule has 114 valence electrons. The highest BCUT2D eigenvalue weighted by Gasteiger charge is 2.27. The molecule has 0 unspecified atom stereocenters. The topological polar surface area (TPSA) is 51.2 Å². The SMILES string of the molecule is CC(C)(C)c1cc(-n2ncoc2=S)cc(C(C)(C)C)c1O. The van der Waals surface area contributed by atoms with Crippen LogP contribution in [0.4, 0.5) is 0 Å². The van der Waals surface area contributed by atoms with Crippen molar-refractivity contribution in [3.63, 3.8) is 0 Å². The maximum Gasteiger partial charge on any atom is 0.291 e. The average Bonchev–Trinajstić information content (AvgIpc) is 2.72. The third kappa shape index (κ3) is 3.02. The van der Waals surface area contributed by atoms with E-state index in [4.69, 9.17) is 16.6 Å². The summed E-state index contributed by atoms with van der Waals surface area (Å²) in [5.74, 6) is 0.341. The third-order valence-corrected chi connectivity index (χ3v) is 3.71. The summed E-state index contributed by atoms with van der Waals surface area (Å²) in [6.45, 7) is 12.4. The minimum absolute atomic E-state index is 0.188. The van der Waals surface area contributed by atoms with E-state index < -0.39 is 0 Å². The van der Waals surface area contributed by atoms with Gasteiger partial charge in [0.2, 0.25) is 6.39 Å². The number of aromatic hydroxyl groups is 1. The number of aromatic nitrogens is 2. The Bertz CT molecular complexity index is 680. The normalized spacial score (nSPS) is 12.7. The minimum atomic E-state index is -0.188. The van der Waals surface area contributed by atoms with Crippen molar-refractivity contribution in [3.8, 4) is 11.4 Å². The number of rotatable bonds is 1. The molecule has 0 bridgehead atoms.